The summed E-state index contributed by atoms with van der Waals surface area (Å²) in [5.41, 5.74) is 5.13. The smallest absolute Gasteiger partial charge is 0.423 e. The minimum atomic E-state index is -2.93. The first-order chi connectivity index (χ1) is 19.7. The first-order valence-electron chi connectivity index (χ1n) is 13.5. The van der Waals surface area contributed by atoms with Gasteiger partial charge in [0.05, 0.1) is 0 Å². The van der Waals surface area contributed by atoms with Gasteiger partial charge >= 0.3 is 7.12 Å². The van der Waals surface area contributed by atoms with E-state index >= 15 is 0 Å². The lowest BCUT2D eigenvalue weighted by Gasteiger charge is -2.35. The SMILES string of the molecule is OB(O)c1cccc([Si](c2ccccc2)(c2cccc(-c3ccccc3)c2)c2cccc(-c3ccccc3)c2)c1. The minimum absolute atomic E-state index is 0.490. The molecule has 0 heterocycles. The van der Waals surface area contributed by atoms with Crippen molar-refractivity contribution in [2.45, 2.75) is 0 Å². The van der Waals surface area contributed by atoms with Crippen LogP contribution in [0.4, 0.5) is 0 Å². The van der Waals surface area contributed by atoms with E-state index in [2.05, 4.69) is 133 Å². The Labute approximate surface area is 237 Å². The Balaban J connectivity index is 1.70. The maximum atomic E-state index is 10.2. The van der Waals surface area contributed by atoms with Crippen molar-refractivity contribution in [3.05, 3.63) is 164 Å². The number of hydrogen-bond donors (Lipinski definition) is 2. The molecule has 6 aromatic carbocycles. The number of hydrogen-bond acceptors (Lipinski definition) is 2. The normalized spacial score (nSPS) is 11.2. The molecule has 2 N–H and O–H groups in total. The molecular formula is C36H29BO2Si. The average molecular weight is 533 g/mol. The molecule has 0 radical (unpaired) electrons. The van der Waals surface area contributed by atoms with E-state index in [1.54, 1.807) is 6.07 Å². The zero-order valence-corrected chi connectivity index (χ0v) is 23.1. The largest absolute Gasteiger partial charge is 0.488 e. The lowest BCUT2D eigenvalue weighted by atomic mass is 9.80. The van der Waals surface area contributed by atoms with Gasteiger partial charge in [0.2, 0.25) is 0 Å². The Hall–Kier alpha value is -4.48. The van der Waals surface area contributed by atoms with Crippen molar-refractivity contribution in [1.29, 1.82) is 0 Å². The summed E-state index contributed by atoms with van der Waals surface area (Å²) in [7, 11) is -4.48. The van der Waals surface area contributed by atoms with E-state index < -0.39 is 15.2 Å². The van der Waals surface area contributed by atoms with Crippen LogP contribution in [0.3, 0.4) is 0 Å². The molecule has 0 unspecified atom stereocenters. The van der Waals surface area contributed by atoms with Crippen LogP contribution in [-0.2, 0) is 0 Å². The van der Waals surface area contributed by atoms with Gasteiger partial charge in [-0.1, -0.05) is 164 Å². The van der Waals surface area contributed by atoms with Crippen LogP contribution < -0.4 is 26.2 Å². The molecule has 0 aliphatic heterocycles. The summed E-state index contributed by atoms with van der Waals surface area (Å²) in [6.45, 7) is 0. The third-order valence-electron chi connectivity index (χ3n) is 7.63. The molecule has 0 atom stereocenters. The minimum Gasteiger partial charge on any atom is -0.423 e. The van der Waals surface area contributed by atoms with Crippen LogP contribution in [0.5, 0.6) is 0 Å². The van der Waals surface area contributed by atoms with E-state index in [1.807, 2.05) is 24.3 Å². The maximum absolute atomic E-state index is 10.2. The molecule has 40 heavy (non-hydrogen) atoms. The molecule has 6 aromatic rings. The first kappa shape index (κ1) is 25.8. The topological polar surface area (TPSA) is 40.5 Å². The zero-order valence-electron chi connectivity index (χ0n) is 22.1. The van der Waals surface area contributed by atoms with E-state index in [0.717, 1.165) is 27.4 Å². The molecule has 0 saturated heterocycles. The summed E-state index contributed by atoms with van der Waals surface area (Å²) < 4.78 is 0. The van der Waals surface area contributed by atoms with Crippen LogP contribution in [0.1, 0.15) is 0 Å². The molecule has 6 rings (SSSR count). The quantitative estimate of drug-likeness (QED) is 0.240. The monoisotopic (exact) mass is 532 g/mol. The number of benzene rings is 6. The molecular weight excluding hydrogens is 503 g/mol. The second-order valence-electron chi connectivity index (χ2n) is 10.0. The standard InChI is InChI=1S/C36H29BO2Si/c38-37(39)32-19-12-24-36(27-32)40(33-20-8-3-9-21-33,34-22-10-17-30(25-34)28-13-4-1-5-14-28)35-23-11-18-31(26-35)29-15-6-2-7-16-29/h1-27,38-39H. The van der Waals surface area contributed by atoms with E-state index in [-0.39, 0.29) is 0 Å². The molecule has 0 bridgehead atoms. The van der Waals surface area contributed by atoms with Gasteiger partial charge in [-0.2, -0.15) is 0 Å². The average Bonchev–Trinajstić information content (AvgIpc) is 3.03. The second-order valence-corrected chi connectivity index (χ2v) is 13.8. The highest BCUT2D eigenvalue weighted by molar-refractivity contribution is 7.20. The van der Waals surface area contributed by atoms with Crippen LogP contribution in [0, 0.1) is 0 Å². The van der Waals surface area contributed by atoms with Gasteiger partial charge in [0.25, 0.3) is 0 Å². The highest BCUT2D eigenvalue weighted by Crippen LogP contribution is 2.22. The lowest BCUT2D eigenvalue weighted by molar-refractivity contribution is 0.426. The van der Waals surface area contributed by atoms with Crippen molar-refractivity contribution in [2.75, 3.05) is 0 Å². The van der Waals surface area contributed by atoms with E-state index in [4.69, 9.17) is 0 Å². The van der Waals surface area contributed by atoms with Crippen molar-refractivity contribution in [1.82, 2.24) is 0 Å². The highest BCUT2D eigenvalue weighted by atomic mass is 28.3. The third-order valence-corrected chi connectivity index (χ3v) is 12.4. The predicted octanol–water partition coefficient (Wildman–Crippen LogP) is 4.08. The Kier molecular flexibility index (Phi) is 7.30. The van der Waals surface area contributed by atoms with E-state index in [9.17, 15) is 10.0 Å². The number of rotatable bonds is 7. The third kappa shape index (κ3) is 4.85. The van der Waals surface area contributed by atoms with Gasteiger partial charge in [0.1, 0.15) is 0 Å². The molecule has 0 saturated carbocycles. The van der Waals surface area contributed by atoms with Gasteiger partial charge in [0.15, 0.2) is 8.07 Å². The van der Waals surface area contributed by atoms with Crippen molar-refractivity contribution in [3.63, 3.8) is 0 Å². The fraction of sp³-hybridized carbons (Fsp3) is 0. The van der Waals surface area contributed by atoms with E-state index in [1.165, 1.54) is 15.6 Å². The van der Waals surface area contributed by atoms with Gasteiger partial charge in [0, 0.05) is 0 Å². The summed E-state index contributed by atoms with van der Waals surface area (Å²) in [6.07, 6.45) is 0. The van der Waals surface area contributed by atoms with Crippen LogP contribution in [0.15, 0.2) is 164 Å². The summed E-state index contributed by atoms with van der Waals surface area (Å²) >= 11 is 0. The molecule has 0 aliphatic carbocycles. The van der Waals surface area contributed by atoms with Crippen molar-refractivity contribution < 1.29 is 10.0 Å². The Bertz CT molecular complexity index is 1640. The Morgan fingerprint density at radius 2 is 0.725 bits per heavy atom. The molecule has 0 fully saturated rings. The highest BCUT2D eigenvalue weighted by Gasteiger charge is 2.42. The summed E-state index contributed by atoms with van der Waals surface area (Å²) in [5.74, 6) is 0. The van der Waals surface area contributed by atoms with Gasteiger partial charge in [-0.3, -0.25) is 0 Å². The molecule has 0 spiro atoms. The van der Waals surface area contributed by atoms with Gasteiger partial charge < -0.3 is 10.0 Å². The summed E-state index contributed by atoms with van der Waals surface area (Å²) in [5, 5.41) is 25.2. The van der Waals surface area contributed by atoms with Crippen molar-refractivity contribution in [3.8, 4) is 22.3 Å². The Morgan fingerprint density at radius 1 is 0.350 bits per heavy atom. The Morgan fingerprint density at radius 3 is 1.20 bits per heavy atom. The summed E-state index contributed by atoms with van der Waals surface area (Å²) in [6, 6.07) is 57.2. The lowest BCUT2D eigenvalue weighted by Crippen LogP contribution is -2.75. The predicted molar refractivity (Wildman–Crippen MR) is 171 cm³/mol. The molecule has 2 nitrogen and oxygen atoms in total. The van der Waals surface area contributed by atoms with Gasteiger partial charge in [-0.25, -0.2) is 0 Å². The zero-order chi connectivity index (χ0) is 27.4. The fourth-order valence-electron chi connectivity index (χ4n) is 5.75. The molecule has 4 heteroatoms. The van der Waals surface area contributed by atoms with Crippen LogP contribution in [0.2, 0.25) is 0 Å². The molecule has 0 aromatic heterocycles. The van der Waals surface area contributed by atoms with Crippen molar-refractivity contribution >= 4 is 41.4 Å². The molecule has 0 aliphatic rings. The van der Waals surface area contributed by atoms with Crippen LogP contribution in [-0.4, -0.2) is 25.2 Å². The van der Waals surface area contributed by atoms with E-state index in [0.29, 0.717) is 5.46 Å². The van der Waals surface area contributed by atoms with Crippen molar-refractivity contribution in [2.24, 2.45) is 0 Å². The maximum Gasteiger partial charge on any atom is 0.488 e. The first-order valence-corrected chi connectivity index (χ1v) is 15.5. The molecule has 192 valence electrons. The van der Waals surface area contributed by atoms with Gasteiger partial charge in [-0.15, -0.1) is 0 Å². The molecule has 0 amide bonds. The van der Waals surface area contributed by atoms with Crippen LogP contribution >= 0.6 is 0 Å². The second kappa shape index (κ2) is 11.3. The van der Waals surface area contributed by atoms with Crippen LogP contribution in [0.25, 0.3) is 22.3 Å². The van der Waals surface area contributed by atoms with Gasteiger partial charge in [-0.05, 0) is 48.5 Å². The fourth-order valence-corrected chi connectivity index (χ4v) is 10.6. The summed E-state index contributed by atoms with van der Waals surface area (Å²) in [4.78, 5) is 0.